The first-order valence-electron chi connectivity index (χ1n) is 11.7. The standard InChI is InChI=1S/C26H25F3N6O/c1-14-4-3-5-18(12-14)25-34-23-20(35(25)13-16-6-10-19(11-7-16)26(27,28)29)22(31-15(2)17-8-9-17)32-24(33-23)21(30)36/h3-7,10-12,15,17H,8-9,13H2,1-2H3,(H2,30,36)(H,31,32,33)/t15-/m1/s1. The molecule has 1 saturated carbocycles. The lowest BCUT2D eigenvalue weighted by Gasteiger charge is -2.17. The molecule has 1 aliphatic carbocycles. The zero-order valence-corrected chi connectivity index (χ0v) is 19.8. The molecule has 1 amide bonds. The normalized spacial score (nSPS) is 14.7. The largest absolute Gasteiger partial charge is 0.416 e. The molecule has 0 spiro atoms. The molecule has 36 heavy (non-hydrogen) atoms. The van der Waals surface area contributed by atoms with Gasteiger partial charge in [0.2, 0.25) is 5.82 Å². The summed E-state index contributed by atoms with van der Waals surface area (Å²) in [5.74, 6) is 0.559. The molecule has 3 N–H and O–H groups in total. The first-order valence-corrected chi connectivity index (χ1v) is 11.7. The number of carbonyl (C=O) groups is 1. The van der Waals surface area contributed by atoms with Gasteiger partial charge >= 0.3 is 6.18 Å². The number of aryl methyl sites for hydroxylation is 1. The molecule has 0 radical (unpaired) electrons. The van der Waals surface area contributed by atoms with E-state index in [2.05, 4.69) is 15.3 Å². The Labute approximate surface area is 205 Å². The van der Waals surface area contributed by atoms with Gasteiger partial charge in [-0.2, -0.15) is 13.2 Å². The molecule has 1 aliphatic rings. The molecular formula is C26H25F3N6O. The van der Waals surface area contributed by atoms with E-state index >= 15 is 0 Å². The zero-order chi connectivity index (χ0) is 25.6. The highest BCUT2D eigenvalue weighted by molar-refractivity contribution is 5.94. The Balaban J connectivity index is 1.69. The molecule has 0 unspecified atom stereocenters. The Bertz CT molecular complexity index is 1440. The van der Waals surface area contributed by atoms with Crippen molar-refractivity contribution in [2.45, 2.75) is 45.5 Å². The molecule has 5 rings (SSSR count). The summed E-state index contributed by atoms with van der Waals surface area (Å²) in [4.78, 5) is 25.4. The number of benzene rings is 2. The van der Waals surface area contributed by atoms with E-state index in [1.54, 1.807) is 0 Å². The van der Waals surface area contributed by atoms with E-state index in [0.29, 0.717) is 28.6 Å². The molecule has 1 atom stereocenters. The van der Waals surface area contributed by atoms with Crippen molar-refractivity contribution in [2.24, 2.45) is 11.7 Å². The summed E-state index contributed by atoms with van der Waals surface area (Å²) in [6.45, 7) is 4.24. The van der Waals surface area contributed by atoms with Gasteiger partial charge in [0.1, 0.15) is 11.3 Å². The van der Waals surface area contributed by atoms with Gasteiger partial charge in [0, 0.05) is 18.2 Å². The van der Waals surface area contributed by atoms with Crippen LogP contribution in [-0.2, 0) is 12.7 Å². The number of nitrogens with zero attached hydrogens (tertiary/aromatic N) is 4. The molecule has 0 saturated heterocycles. The maximum Gasteiger partial charge on any atom is 0.416 e. The van der Waals surface area contributed by atoms with Crippen LogP contribution in [0.25, 0.3) is 22.6 Å². The second-order valence-corrected chi connectivity index (χ2v) is 9.29. The van der Waals surface area contributed by atoms with E-state index in [1.165, 1.54) is 12.1 Å². The topological polar surface area (TPSA) is 98.7 Å². The number of rotatable bonds is 7. The molecular weight excluding hydrogens is 469 g/mol. The number of nitrogens with one attached hydrogen (secondary N) is 1. The number of primary amides is 1. The molecule has 2 aromatic heterocycles. The number of halogens is 3. The van der Waals surface area contributed by atoms with Gasteiger partial charge in [0.05, 0.1) is 5.56 Å². The van der Waals surface area contributed by atoms with Gasteiger partial charge in [0.25, 0.3) is 5.91 Å². The Morgan fingerprint density at radius 1 is 1.14 bits per heavy atom. The Morgan fingerprint density at radius 2 is 1.86 bits per heavy atom. The van der Waals surface area contributed by atoms with Crippen molar-refractivity contribution in [3.63, 3.8) is 0 Å². The van der Waals surface area contributed by atoms with Crippen molar-refractivity contribution in [3.05, 3.63) is 71.0 Å². The second-order valence-electron chi connectivity index (χ2n) is 9.29. The number of fused-ring (bicyclic) bond motifs is 1. The number of carbonyl (C=O) groups excluding carboxylic acids is 1. The molecule has 1 fully saturated rings. The number of nitrogens with two attached hydrogens (primary N) is 1. The molecule has 10 heteroatoms. The quantitative estimate of drug-likeness (QED) is 0.369. The summed E-state index contributed by atoms with van der Waals surface area (Å²) < 4.78 is 41.2. The average molecular weight is 495 g/mol. The highest BCUT2D eigenvalue weighted by atomic mass is 19.4. The van der Waals surface area contributed by atoms with E-state index in [9.17, 15) is 18.0 Å². The zero-order valence-electron chi connectivity index (χ0n) is 19.8. The lowest BCUT2D eigenvalue weighted by atomic mass is 10.1. The SMILES string of the molecule is Cc1cccc(-c2nc3nc(C(N)=O)nc(N[C@H](C)C4CC4)c3n2Cc2ccc(C(F)(F)F)cc2)c1. The van der Waals surface area contributed by atoms with E-state index in [-0.39, 0.29) is 24.1 Å². The average Bonchev–Trinajstić information content (AvgIpc) is 3.61. The van der Waals surface area contributed by atoms with Crippen LogP contribution in [0.15, 0.2) is 48.5 Å². The fourth-order valence-electron chi connectivity index (χ4n) is 4.32. The summed E-state index contributed by atoms with van der Waals surface area (Å²) >= 11 is 0. The van der Waals surface area contributed by atoms with Gasteiger partial charge in [-0.1, -0.05) is 35.9 Å². The van der Waals surface area contributed by atoms with Gasteiger partial charge in [0.15, 0.2) is 11.5 Å². The van der Waals surface area contributed by atoms with E-state index in [4.69, 9.17) is 10.7 Å². The van der Waals surface area contributed by atoms with Crippen molar-refractivity contribution < 1.29 is 18.0 Å². The van der Waals surface area contributed by atoms with Crippen LogP contribution in [0.4, 0.5) is 19.0 Å². The molecule has 2 heterocycles. The lowest BCUT2D eigenvalue weighted by Crippen LogP contribution is -2.22. The summed E-state index contributed by atoms with van der Waals surface area (Å²) in [5.41, 5.74) is 8.11. The van der Waals surface area contributed by atoms with Crippen LogP contribution in [0, 0.1) is 12.8 Å². The van der Waals surface area contributed by atoms with Crippen molar-refractivity contribution >= 4 is 22.9 Å². The molecule has 7 nitrogen and oxygen atoms in total. The van der Waals surface area contributed by atoms with Crippen LogP contribution >= 0.6 is 0 Å². The number of anilines is 1. The second kappa shape index (κ2) is 8.92. The number of hydrogen-bond donors (Lipinski definition) is 2. The van der Waals surface area contributed by atoms with E-state index in [0.717, 1.165) is 36.1 Å². The van der Waals surface area contributed by atoms with E-state index in [1.807, 2.05) is 42.7 Å². The fraction of sp³-hybridized carbons (Fsp3) is 0.308. The first-order chi connectivity index (χ1) is 17.1. The highest BCUT2D eigenvalue weighted by Gasteiger charge is 2.31. The third-order valence-corrected chi connectivity index (χ3v) is 6.42. The van der Waals surface area contributed by atoms with Crippen LogP contribution in [0.2, 0.25) is 0 Å². The smallest absolute Gasteiger partial charge is 0.365 e. The van der Waals surface area contributed by atoms with Crippen LogP contribution in [0.5, 0.6) is 0 Å². The minimum atomic E-state index is -4.41. The number of amides is 1. The molecule has 4 aromatic rings. The summed E-state index contributed by atoms with van der Waals surface area (Å²) in [5, 5.41) is 3.40. The monoisotopic (exact) mass is 494 g/mol. The molecule has 186 valence electrons. The fourth-order valence-corrected chi connectivity index (χ4v) is 4.32. The minimum absolute atomic E-state index is 0.0978. The van der Waals surface area contributed by atoms with Crippen LogP contribution < -0.4 is 11.1 Å². The van der Waals surface area contributed by atoms with Gasteiger partial charge in [-0.3, -0.25) is 4.79 Å². The third kappa shape index (κ3) is 4.75. The number of hydrogen-bond acceptors (Lipinski definition) is 5. The Hall–Kier alpha value is -3.95. The maximum atomic E-state index is 13.1. The summed E-state index contributed by atoms with van der Waals surface area (Å²) in [6.07, 6.45) is -2.21. The predicted octanol–water partition coefficient (Wildman–Crippen LogP) is 5.18. The van der Waals surface area contributed by atoms with Crippen LogP contribution in [0.3, 0.4) is 0 Å². The Morgan fingerprint density at radius 3 is 2.47 bits per heavy atom. The first kappa shape index (κ1) is 23.8. The number of imidazole rings is 1. The minimum Gasteiger partial charge on any atom is -0.365 e. The maximum absolute atomic E-state index is 13.1. The molecule has 0 aliphatic heterocycles. The predicted molar refractivity (Wildman–Crippen MR) is 130 cm³/mol. The van der Waals surface area contributed by atoms with Crippen molar-refractivity contribution in [3.8, 4) is 11.4 Å². The van der Waals surface area contributed by atoms with Crippen LogP contribution in [0.1, 0.15) is 47.1 Å². The highest BCUT2D eigenvalue weighted by Crippen LogP contribution is 2.36. The van der Waals surface area contributed by atoms with E-state index < -0.39 is 17.6 Å². The van der Waals surface area contributed by atoms with Crippen molar-refractivity contribution in [2.75, 3.05) is 5.32 Å². The Kier molecular flexibility index (Phi) is 5.89. The van der Waals surface area contributed by atoms with Gasteiger partial charge in [-0.25, -0.2) is 15.0 Å². The van der Waals surface area contributed by atoms with Crippen molar-refractivity contribution in [1.29, 1.82) is 0 Å². The number of aromatic nitrogens is 4. The van der Waals surface area contributed by atoms with Gasteiger partial charge in [-0.15, -0.1) is 0 Å². The number of alkyl halides is 3. The molecule has 2 aromatic carbocycles. The van der Waals surface area contributed by atoms with Crippen molar-refractivity contribution in [1.82, 2.24) is 19.5 Å². The summed E-state index contributed by atoms with van der Waals surface area (Å²) in [7, 11) is 0. The van der Waals surface area contributed by atoms with Crippen LogP contribution in [-0.4, -0.2) is 31.5 Å². The third-order valence-electron chi connectivity index (χ3n) is 6.42. The van der Waals surface area contributed by atoms with Gasteiger partial charge in [-0.05, 0) is 56.4 Å². The lowest BCUT2D eigenvalue weighted by molar-refractivity contribution is -0.137. The summed E-state index contributed by atoms with van der Waals surface area (Å²) in [6, 6.07) is 12.9. The van der Waals surface area contributed by atoms with Gasteiger partial charge < -0.3 is 15.6 Å². The molecule has 0 bridgehead atoms.